The molecule has 0 aliphatic rings. The highest BCUT2D eigenvalue weighted by molar-refractivity contribution is 5.85. The first-order valence-electron chi connectivity index (χ1n) is 8.80. The van der Waals surface area contributed by atoms with Gasteiger partial charge < -0.3 is 10.6 Å². The zero-order valence-corrected chi connectivity index (χ0v) is 15.4. The number of carbonyl (C=O) groups excluding carboxylic acids is 1. The van der Waals surface area contributed by atoms with Gasteiger partial charge >= 0.3 is 0 Å². The van der Waals surface area contributed by atoms with E-state index in [0.29, 0.717) is 17.8 Å². The van der Waals surface area contributed by atoms with E-state index < -0.39 is 5.54 Å². The average molecular weight is 299 g/mol. The molecular formula is C18H38N2O. The molecule has 0 saturated carbocycles. The Balaban J connectivity index is 4.70. The number of rotatable bonds is 11. The Morgan fingerprint density at radius 1 is 1.14 bits per heavy atom. The van der Waals surface area contributed by atoms with Gasteiger partial charge in [-0.2, -0.15) is 0 Å². The van der Waals surface area contributed by atoms with Gasteiger partial charge in [0.15, 0.2) is 0 Å². The average Bonchev–Trinajstić information content (AvgIpc) is 2.38. The van der Waals surface area contributed by atoms with E-state index >= 15 is 0 Å². The predicted octanol–water partition coefficient (Wildman–Crippen LogP) is 3.98. The zero-order chi connectivity index (χ0) is 16.5. The number of nitrogens with one attached hydrogen (secondary N) is 2. The lowest BCUT2D eigenvalue weighted by Gasteiger charge is -2.34. The summed E-state index contributed by atoms with van der Waals surface area (Å²) in [7, 11) is 0. The Morgan fingerprint density at radius 3 is 2.19 bits per heavy atom. The highest BCUT2D eigenvalue weighted by Gasteiger charge is 2.33. The van der Waals surface area contributed by atoms with Gasteiger partial charge in [-0.1, -0.05) is 54.4 Å². The van der Waals surface area contributed by atoms with E-state index in [9.17, 15) is 4.79 Å². The van der Waals surface area contributed by atoms with Crippen LogP contribution in [0.5, 0.6) is 0 Å². The van der Waals surface area contributed by atoms with Crippen LogP contribution < -0.4 is 10.6 Å². The Kier molecular flexibility index (Phi) is 9.93. The summed E-state index contributed by atoms with van der Waals surface area (Å²) in [6.07, 6.45) is 4.19. The SMILES string of the molecule is CCCCNC(=O)C(C)(CC(C)C)NCC(CC)C(C)C. The monoisotopic (exact) mass is 298 g/mol. The van der Waals surface area contributed by atoms with E-state index in [1.54, 1.807) is 0 Å². The van der Waals surface area contributed by atoms with Crippen LogP contribution in [0, 0.1) is 17.8 Å². The van der Waals surface area contributed by atoms with E-state index in [2.05, 4.69) is 59.1 Å². The summed E-state index contributed by atoms with van der Waals surface area (Å²) in [6.45, 7) is 17.0. The summed E-state index contributed by atoms with van der Waals surface area (Å²) in [5, 5.41) is 6.67. The van der Waals surface area contributed by atoms with E-state index in [0.717, 1.165) is 38.8 Å². The van der Waals surface area contributed by atoms with Gasteiger partial charge in [0.25, 0.3) is 0 Å². The molecule has 0 fully saturated rings. The second kappa shape index (κ2) is 10.2. The minimum atomic E-state index is -0.454. The molecule has 0 aliphatic carbocycles. The molecule has 0 heterocycles. The van der Waals surface area contributed by atoms with E-state index in [4.69, 9.17) is 0 Å². The lowest BCUT2D eigenvalue weighted by molar-refractivity contribution is -0.127. The molecule has 0 aromatic rings. The minimum Gasteiger partial charge on any atom is -0.355 e. The van der Waals surface area contributed by atoms with Crippen molar-refractivity contribution in [3.05, 3.63) is 0 Å². The van der Waals surface area contributed by atoms with Crippen molar-refractivity contribution in [1.82, 2.24) is 10.6 Å². The van der Waals surface area contributed by atoms with Crippen LogP contribution in [0.2, 0.25) is 0 Å². The Morgan fingerprint density at radius 2 is 1.76 bits per heavy atom. The molecule has 3 nitrogen and oxygen atoms in total. The maximum atomic E-state index is 12.6. The van der Waals surface area contributed by atoms with Crippen molar-refractivity contribution >= 4 is 5.91 Å². The van der Waals surface area contributed by atoms with E-state index in [-0.39, 0.29) is 5.91 Å². The van der Waals surface area contributed by atoms with Crippen LogP contribution in [-0.2, 0) is 4.79 Å². The van der Waals surface area contributed by atoms with Crippen LogP contribution in [0.3, 0.4) is 0 Å². The minimum absolute atomic E-state index is 0.156. The maximum absolute atomic E-state index is 12.6. The number of hydrogen-bond acceptors (Lipinski definition) is 2. The van der Waals surface area contributed by atoms with Crippen molar-refractivity contribution in [2.24, 2.45) is 17.8 Å². The van der Waals surface area contributed by atoms with Gasteiger partial charge in [0.1, 0.15) is 0 Å². The smallest absolute Gasteiger partial charge is 0.240 e. The molecule has 126 valence electrons. The fourth-order valence-electron chi connectivity index (χ4n) is 2.84. The first-order chi connectivity index (χ1) is 9.76. The quantitative estimate of drug-likeness (QED) is 0.567. The van der Waals surface area contributed by atoms with Crippen molar-refractivity contribution in [2.45, 2.75) is 79.7 Å². The normalized spacial score (nSPS) is 16.0. The van der Waals surface area contributed by atoms with Gasteiger partial charge in [0.05, 0.1) is 5.54 Å². The molecule has 0 bridgehead atoms. The molecule has 0 aliphatic heterocycles. The van der Waals surface area contributed by atoms with Crippen LogP contribution in [0.15, 0.2) is 0 Å². The van der Waals surface area contributed by atoms with Crippen LogP contribution in [0.1, 0.15) is 74.1 Å². The van der Waals surface area contributed by atoms with Crippen molar-refractivity contribution in [3.63, 3.8) is 0 Å². The molecule has 0 aromatic heterocycles. The molecule has 0 saturated heterocycles. The maximum Gasteiger partial charge on any atom is 0.240 e. The van der Waals surface area contributed by atoms with E-state index in [1.807, 2.05) is 0 Å². The summed E-state index contributed by atoms with van der Waals surface area (Å²) < 4.78 is 0. The number of hydrogen-bond donors (Lipinski definition) is 2. The Hall–Kier alpha value is -0.570. The number of unbranched alkanes of at least 4 members (excludes halogenated alkanes) is 1. The molecule has 3 heteroatoms. The summed E-state index contributed by atoms with van der Waals surface area (Å²) in [4.78, 5) is 12.6. The van der Waals surface area contributed by atoms with Crippen molar-refractivity contribution in [2.75, 3.05) is 13.1 Å². The first kappa shape index (κ1) is 20.4. The van der Waals surface area contributed by atoms with Gasteiger partial charge in [-0.15, -0.1) is 0 Å². The van der Waals surface area contributed by atoms with Crippen LogP contribution >= 0.6 is 0 Å². The molecule has 0 rings (SSSR count). The summed E-state index contributed by atoms with van der Waals surface area (Å²) in [5.41, 5.74) is -0.454. The molecule has 2 unspecified atom stereocenters. The summed E-state index contributed by atoms with van der Waals surface area (Å²) in [5.74, 6) is 1.93. The number of carbonyl (C=O) groups is 1. The molecule has 2 N–H and O–H groups in total. The molecule has 0 aromatic carbocycles. The second-order valence-electron chi connectivity index (χ2n) is 7.33. The highest BCUT2D eigenvalue weighted by atomic mass is 16.2. The zero-order valence-electron chi connectivity index (χ0n) is 15.4. The van der Waals surface area contributed by atoms with Crippen molar-refractivity contribution in [1.29, 1.82) is 0 Å². The fraction of sp³-hybridized carbons (Fsp3) is 0.944. The molecule has 0 radical (unpaired) electrons. The standard InChI is InChI=1S/C18H38N2O/c1-8-10-11-19-17(21)18(7,12-14(3)4)20-13-16(9-2)15(5)6/h14-16,20H,8-13H2,1-7H3,(H,19,21). The van der Waals surface area contributed by atoms with Crippen molar-refractivity contribution in [3.8, 4) is 0 Å². The molecule has 21 heavy (non-hydrogen) atoms. The van der Waals surface area contributed by atoms with Crippen LogP contribution in [0.25, 0.3) is 0 Å². The predicted molar refractivity (Wildman–Crippen MR) is 92.4 cm³/mol. The molecule has 1 amide bonds. The summed E-state index contributed by atoms with van der Waals surface area (Å²) >= 11 is 0. The molecular weight excluding hydrogens is 260 g/mol. The fourth-order valence-corrected chi connectivity index (χ4v) is 2.84. The Labute approximate surface area is 132 Å². The van der Waals surface area contributed by atoms with Gasteiger partial charge in [-0.25, -0.2) is 0 Å². The third-order valence-corrected chi connectivity index (χ3v) is 4.36. The Bertz CT molecular complexity index is 289. The third kappa shape index (κ3) is 7.85. The molecule has 2 atom stereocenters. The van der Waals surface area contributed by atoms with Gasteiger partial charge in [0.2, 0.25) is 5.91 Å². The summed E-state index contributed by atoms with van der Waals surface area (Å²) in [6, 6.07) is 0. The topological polar surface area (TPSA) is 41.1 Å². The van der Waals surface area contributed by atoms with Gasteiger partial charge in [-0.05, 0) is 44.1 Å². The van der Waals surface area contributed by atoms with Crippen LogP contribution in [0.4, 0.5) is 0 Å². The highest BCUT2D eigenvalue weighted by Crippen LogP contribution is 2.20. The lowest BCUT2D eigenvalue weighted by atomic mass is 9.87. The van der Waals surface area contributed by atoms with Gasteiger partial charge in [-0.3, -0.25) is 4.79 Å². The largest absolute Gasteiger partial charge is 0.355 e. The van der Waals surface area contributed by atoms with Crippen molar-refractivity contribution < 1.29 is 4.79 Å². The lowest BCUT2D eigenvalue weighted by Crippen LogP contribution is -2.57. The second-order valence-corrected chi connectivity index (χ2v) is 7.33. The van der Waals surface area contributed by atoms with E-state index in [1.165, 1.54) is 0 Å². The van der Waals surface area contributed by atoms with Crippen LogP contribution in [-0.4, -0.2) is 24.5 Å². The van der Waals surface area contributed by atoms with Gasteiger partial charge in [0, 0.05) is 6.54 Å². The third-order valence-electron chi connectivity index (χ3n) is 4.36. The molecule has 0 spiro atoms. The first-order valence-corrected chi connectivity index (χ1v) is 8.80. The number of amides is 1.